The van der Waals surface area contributed by atoms with E-state index in [-0.39, 0.29) is 5.91 Å². The zero-order chi connectivity index (χ0) is 18.4. The summed E-state index contributed by atoms with van der Waals surface area (Å²) in [5, 5.41) is 21.4. The summed E-state index contributed by atoms with van der Waals surface area (Å²) in [6, 6.07) is 7.09. The smallest absolute Gasteiger partial charge is 0.326 e. The second kappa shape index (κ2) is 8.62. The van der Waals surface area contributed by atoms with Crippen molar-refractivity contribution in [3.63, 3.8) is 0 Å². The molecule has 1 aromatic rings. The lowest BCUT2D eigenvalue weighted by Crippen LogP contribution is -2.53. The Kier molecular flexibility index (Phi) is 6.52. The van der Waals surface area contributed by atoms with E-state index in [9.17, 15) is 24.6 Å². The van der Waals surface area contributed by atoms with Crippen molar-refractivity contribution in [1.82, 2.24) is 10.2 Å². The zero-order valence-electron chi connectivity index (χ0n) is 14.2. The molecule has 1 unspecified atom stereocenters. The first kappa shape index (κ1) is 18.9. The molecule has 2 rings (SSSR count). The monoisotopic (exact) mass is 348 g/mol. The van der Waals surface area contributed by atoms with Crippen LogP contribution in [0.2, 0.25) is 0 Å². The summed E-state index contributed by atoms with van der Waals surface area (Å²) in [4.78, 5) is 36.5. The molecule has 0 spiro atoms. The Morgan fingerprint density at radius 3 is 2.52 bits per heavy atom. The second-order valence-electron chi connectivity index (χ2n) is 6.33. The summed E-state index contributed by atoms with van der Waals surface area (Å²) >= 11 is 0. The third kappa shape index (κ3) is 5.03. The Bertz CT molecular complexity index is 619. The molecule has 0 aromatic heterocycles. The Morgan fingerprint density at radius 2 is 1.92 bits per heavy atom. The van der Waals surface area contributed by atoms with Crippen LogP contribution in [0.3, 0.4) is 0 Å². The summed E-state index contributed by atoms with van der Waals surface area (Å²) < 4.78 is 0. The molecule has 1 fully saturated rings. The number of aryl methyl sites for hydroxylation is 1. The summed E-state index contributed by atoms with van der Waals surface area (Å²) in [6.07, 6.45) is 2.00. The van der Waals surface area contributed by atoms with Crippen LogP contribution in [-0.4, -0.2) is 57.6 Å². The molecule has 0 aliphatic carbocycles. The molecular formula is C18H24N2O5. The van der Waals surface area contributed by atoms with E-state index in [1.165, 1.54) is 4.90 Å². The van der Waals surface area contributed by atoms with E-state index in [1.807, 2.05) is 30.3 Å². The van der Waals surface area contributed by atoms with Crippen molar-refractivity contribution in [3.8, 4) is 0 Å². The van der Waals surface area contributed by atoms with Crippen LogP contribution in [-0.2, 0) is 20.8 Å². The maximum atomic E-state index is 12.5. The molecule has 0 saturated carbocycles. The molecule has 7 nitrogen and oxygen atoms in total. The highest BCUT2D eigenvalue weighted by atomic mass is 16.4. The maximum Gasteiger partial charge on any atom is 0.326 e. The van der Waals surface area contributed by atoms with Gasteiger partial charge in [-0.2, -0.15) is 0 Å². The van der Waals surface area contributed by atoms with Crippen LogP contribution in [0.25, 0.3) is 0 Å². The number of benzene rings is 1. The highest BCUT2D eigenvalue weighted by molar-refractivity contribution is 5.88. The van der Waals surface area contributed by atoms with E-state index in [1.54, 1.807) is 6.92 Å². The van der Waals surface area contributed by atoms with Crippen molar-refractivity contribution in [3.05, 3.63) is 35.9 Å². The second-order valence-corrected chi connectivity index (χ2v) is 6.33. The van der Waals surface area contributed by atoms with Gasteiger partial charge in [0.25, 0.3) is 0 Å². The molecule has 1 aromatic carbocycles. The molecule has 3 atom stereocenters. The largest absolute Gasteiger partial charge is 0.480 e. The van der Waals surface area contributed by atoms with Crippen LogP contribution in [0.5, 0.6) is 0 Å². The maximum absolute atomic E-state index is 12.5. The van der Waals surface area contributed by atoms with Crippen molar-refractivity contribution in [1.29, 1.82) is 0 Å². The lowest BCUT2D eigenvalue weighted by atomic mass is 10.0. The van der Waals surface area contributed by atoms with Gasteiger partial charge in [-0.15, -0.1) is 0 Å². The summed E-state index contributed by atoms with van der Waals surface area (Å²) in [7, 11) is 0. The predicted octanol–water partition coefficient (Wildman–Crippen LogP) is 1.13. The van der Waals surface area contributed by atoms with Crippen LogP contribution in [0.4, 0.5) is 0 Å². The number of amides is 1. The number of nitrogens with one attached hydrogen (secondary N) is 1. The fraction of sp³-hybridized carbons (Fsp3) is 0.500. The molecule has 0 bridgehead atoms. The first-order chi connectivity index (χ1) is 11.9. The third-order valence-electron chi connectivity index (χ3n) is 4.51. The fourth-order valence-corrected chi connectivity index (χ4v) is 3.14. The van der Waals surface area contributed by atoms with Gasteiger partial charge in [-0.05, 0) is 38.2 Å². The van der Waals surface area contributed by atoms with Gasteiger partial charge in [0.2, 0.25) is 5.91 Å². The van der Waals surface area contributed by atoms with Crippen LogP contribution in [0, 0.1) is 0 Å². The molecule has 1 aliphatic heterocycles. The lowest BCUT2D eigenvalue weighted by molar-refractivity contribution is -0.149. The molecular weight excluding hydrogens is 324 g/mol. The van der Waals surface area contributed by atoms with E-state index in [0.29, 0.717) is 32.2 Å². The summed E-state index contributed by atoms with van der Waals surface area (Å²) in [5.41, 5.74) is 1.03. The van der Waals surface area contributed by atoms with E-state index >= 15 is 0 Å². The highest BCUT2D eigenvalue weighted by Crippen LogP contribution is 2.18. The fourth-order valence-electron chi connectivity index (χ4n) is 3.14. The number of carbonyl (C=O) groups excluding carboxylic acids is 1. The number of hydrogen-bond acceptors (Lipinski definition) is 4. The van der Waals surface area contributed by atoms with Gasteiger partial charge in [0.05, 0.1) is 6.04 Å². The topological polar surface area (TPSA) is 107 Å². The minimum Gasteiger partial charge on any atom is -0.480 e. The average Bonchev–Trinajstić information content (AvgIpc) is 3.08. The molecule has 136 valence electrons. The first-order valence-corrected chi connectivity index (χ1v) is 8.46. The number of rotatable bonds is 8. The van der Waals surface area contributed by atoms with Crippen molar-refractivity contribution in [2.45, 2.75) is 50.7 Å². The number of nitrogens with zero attached hydrogens (tertiary/aromatic N) is 1. The molecule has 7 heteroatoms. The van der Waals surface area contributed by atoms with Gasteiger partial charge < -0.3 is 15.1 Å². The summed E-state index contributed by atoms with van der Waals surface area (Å²) in [6.45, 7) is 1.97. The van der Waals surface area contributed by atoms with E-state index in [4.69, 9.17) is 0 Å². The van der Waals surface area contributed by atoms with E-state index in [0.717, 1.165) is 5.56 Å². The number of hydrogen-bond donors (Lipinski definition) is 3. The average molecular weight is 348 g/mol. The molecule has 3 N–H and O–H groups in total. The van der Waals surface area contributed by atoms with Crippen LogP contribution >= 0.6 is 0 Å². The van der Waals surface area contributed by atoms with Gasteiger partial charge in [-0.3, -0.25) is 14.9 Å². The minimum atomic E-state index is -1.02. The van der Waals surface area contributed by atoms with Crippen LogP contribution in [0.15, 0.2) is 30.3 Å². The van der Waals surface area contributed by atoms with Crippen molar-refractivity contribution >= 4 is 17.8 Å². The minimum absolute atomic E-state index is 0.347. The number of carboxylic acids is 2. The number of aliphatic carboxylic acids is 2. The van der Waals surface area contributed by atoms with Crippen LogP contribution in [0.1, 0.15) is 31.7 Å². The van der Waals surface area contributed by atoms with Crippen LogP contribution < -0.4 is 5.32 Å². The quantitative estimate of drug-likeness (QED) is 0.650. The SMILES string of the molecule is C[C@H](NC(CCc1ccccc1)C(=O)O)C(=O)N1CCC[C@H]1C(=O)O. The third-order valence-corrected chi connectivity index (χ3v) is 4.51. The number of likely N-dealkylation sites (tertiary alicyclic amines) is 1. The number of carbonyl (C=O) groups is 3. The molecule has 1 amide bonds. The zero-order valence-corrected chi connectivity index (χ0v) is 14.2. The van der Waals surface area contributed by atoms with E-state index in [2.05, 4.69) is 5.32 Å². The first-order valence-electron chi connectivity index (χ1n) is 8.46. The Balaban J connectivity index is 1.95. The highest BCUT2D eigenvalue weighted by Gasteiger charge is 2.36. The van der Waals surface area contributed by atoms with Gasteiger partial charge in [-0.25, -0.2) is 4.79 Å². The van der Waals surface area contributed by atoms with Crippen molar-refractivity contribution in [2.75, 3.05) is 6.54 Å². The molecule has 25 heavy (non-hydrogen) atoms. The Labute approximate surface area is 146 Å². The molecule has 1 aliphatic rings. The normalized spacial score (nSPS) is 19.4. The molecule has 1 saturated heterocycles. The Hall–Kier alpha value is -2.41. The summed E-state index contributed by atoms with van der Waals surface area (Å²) in [5.74, 6) is -2.40. The molecule has 0 radical (unpaired) electrons. The lowest BCUT2D eigenvalue weighted by Gasteiger charge is -2.27. The van der Waals surface area contributed by atoms with Gasteiger partial charge in [0, 0.05) is 6.54 Å². The number of carboxylic acid groups (broad SMARTS) is 2. The molecule has 1 heterocycles. The van der Waals surface area contributed by atoms with Gasteiger partial charge in [0.1, 0.15) is 12.1 Å². The van der Waals surface area contributed by atoms with Gasteiger partial charge in [0.15, 0.2) is 0 Å². The standard InChI is InChI=1S/C18H24N2O5/c1-12(16(21)20-11-5-8-15(20)18(24)25)19-14(17(22)23)10-9-13-6-3-2-4-7-13/h2-4,6-7,12,14-15,19H,5,8-11H2,1H3,(H,22,23)(H,24,25)/t12-,14?,15-/m0/s1. The van der Waals surface area contributed by atoms with Gasteiger partial charge >= 0.3 is 11.9 Å². The van der Waals surface area contributed by atoms with Crippen molar-refractivity contribution in [2.24, 2.45) is 0 Å². The predicted molar refractivity (Wildman–Crippen MR) is 91.2 cm³/mol. The van der Waals surface area contributed by atoms with Crippen molar-refractivity contribution < 1.29 is 24.6 Å². The van der Waals surface area contributed by atoms with E-state index < -0.39 is 30.1 Å². The van der Waals surface area contributed by atoms with Gasteiger partial charge in [-0.1, -0.05) is 30.3 Å². The Morgan fingerprint density at radius 1 is 1.24 bits per heavy atom.